The summed E-state index contributed by atoms with van der Waals surface area (Å²) in [6.07, 6.45) is 1.06. The van der Waals surface area contributed by atoms with E-state index in [0.29, 0.717) is 5.92 Å². The minimum absolute atomic E-state index is 0.153. The van der Waals surface area contributed by atoms with Crippen LogP contribution >= 0.6 is 0 Å². The van der Waals surface area contributed by atoms with E-state index in [-0.39, 0.29) is 5.91 Å². The van der Waals surface area contributed by atoms with Crippen molar-refractivity contribution in [3.8, 4) is 0 Å². The number of piperazine rings is 1. The molecule has 0 N–H and O–H groups in total. The van der Waals surface area contributed by atoms with Crippen LogP contribution in [0.3, 0.4) is 0 Å². The Morgan fingerprint density at radius 3 is 2.28 bits per heavy atom. The molecule has 1 saturated heterocycles. The Balaban J connectivity index is 1.59. The summed E-state index contributed by atoms with van der Waals surface area (Å²) >= 11 is 0. The molecule has 3 nitrogen and oxygen atoms in total. The van der Waals surface area contributed by atoms with E-state index in [1.165, 1.54) is 16.8 Å². The van der Waals surface area contributed by atoms with Gasteiger partial charge in [-0.3, -0.25) is 4.79 Å². The van der Waals surface area contributed by atoms with Crippen LogP contribution in [0.5, 0.6) is 0 Å². The van der Waals surface area contributed by atoms with E-state index in [4.69, 9.17) is 0 Å². The molecular formula is C22H28N2O. The van der Waals surface area contributed by atoms with E-state index in [0.717, 1.165) is 38.2 Å². The van der Waals surface area contributed by atoms with Gasteiger partial charge in [0.2, 0.25) is 0 Å². The SMILES string of the molecule is Cc1cccc(N2CCN(C(=O)c3ccc(CC(C)C)cc3)CC2)c1. The number of hydrogen-bond donors (Lipinski definition) is 0. The molecule has 0 unspecified atom stereocenters. The van der Waals surface area contributed by atoms with Gasteiger partial charge in [-0.1, -0.05) is 38.1 Å². The Morgan fingerprint density at radius 2 is 1.68 bits per heavy atom. The number of aryl methyl sites for hydroxylation is 1. The van der Waals surface area contributed by atoms with Gasteiger partial charge in [0.1, 0.15) is 0 Å². The Morgan fingerprint density at radius 1 is 1.00 bits per heavy atom. The van der Waals surface area contributed by atoms with Crippen LogP contribution in [0.15, 0.2) is 48.5 Å². The normalized spacial score (nSPS) is 14.9. The Labute approximate surface area is 151 Å². The van der Waals surface area contributed by atoms with Gasteiger partial charge in [0, 0.05) is 37.4 Å². The van der Waals surface area contributed by atoms with Crippen molar-refractivity contribution in [3.63, 3.8) is 0 Å². The van der Waals surface area contributed by atoms with E-state index < -0.39 is 0 Å². The molecule has 0 atom stereocenters. The van der Waals surface area contributed by atoms with E-state index in [2.05, 4.69) is 62.1 Å². The summed E-state index contributed by atoms with van der Waals surface area (Å²) in [6, 6.07) is 16.7. The van der Waals surface area contributed by atoms with Crippen LogP contribution in [0, 0.1) is 12.8 Å². The number of amides is 1. The molecule has 132 valence electrons. The summed E-state index contributed by atoms with van der Waals surface area (Å²) in [5.41, 5.74) is 4.63. The lowest BCUT2D eigenvalue weighted by Crippen LogP contribution is -2.48. The molecule has 0 saturated carbocycles. The van der Waals surface area contributed by atoms with Crippen molar-refractivity contribution >= 4 is 11.6 Å². The van der Waals surface area contributed by atoms with E-state index in [1.54, 1.807) is 0 Å². The van der Waals surface area contributed by atoms with Gasteiger partial charge < -0.3 is 9.80 Å². The Kier molecular flexibility index (Phi) is 5.42. The van der Waals surface area contributed by atoms with E-state index in [9.17, 15) is 4.79 Å². The first-order valence-corrected chi connectivity index (χ1v) is 9.23. The van der Waals surface area contributed by atoms with Crippen molar-refractivity contribution in [1.29, 1.82) is 0 Å². The van der Waals surface area contributed by atoms with Crippen LogP contribution in [-0.4, -0.2) is 37.0 Å². The molecule has 1 amide bonds. The molecule has 25 heavy (non-hydrogen) atoms. The van der Waals surface area contributed by atoms with Gasteiger partial charge in [-0.05, 0) is 54.7 Å². The third kappa shape index (κ3) is 4.41. The number of benzene rings is 2. The molecule has 2 aromatic rings. The second-order valence-corrected chi connectivity index (χ2v) is 7.41. The van der Waals surface area contributed by atoms with Crippen molar-refractivity contribution in [1.82, 2.24) is 4.90 Å². The minimum Gasteiger partial charge on any atom is -0.368 e. The zero-order valence-corrected chi connectivity index (χ0v) is 15.5. The number of carbonyl (C=O) groups is 1. The fourth-order valence-corrected chi connectivity index (χ4v) is 3.43. The second-order valence-electron chi connectivity index (χ2n) is 7.41. The third-order valence-corrected chi connectivity index (χ3v) is 4.78. The molecule has 3 heteroatoms. The lowest BCUT2D eigenvalue weighted by atomic mass is 10.0. The molecule has 3 rings (SSSR count). The first-order chi connectivity index (χ1) is 12.0. The topological polar surface area (TPSA) is 23.6 Å². The van der Waals surface area contributed by atoms with Crippen molar-refractivity contribution in [2.45, 2.75) is 27.2 Å². The fraction of sp³-hybridized carbons (Fsp3) is 0.409. The molecule has 0 aliphatic carbocycles. The van der Waals surface area contributed by atoms with Crippen LogP contribution in [0.25, 0.3) is 0 Å². The van der Waals surface area contributed by atoms with Gasteiger partial charge in [-0.15, -0.1) is 0 Å². The maximum atomic E-state index is 12.7. The predicted octanol–water partition coefficient (Wildman–Crippen LogP) is 4.16. The number of nitrogens with zero attached hydrogens (tertiary/aromatic N) is 2. The van der Waals surface area contributed by atoms with Gasteiger partial charge in [-0.2, -0.15) is 0 Å². The quantitative estimate of drug-likeness (QED) is 0.837. The highest BCUT2D eigenvalue weighted by molar-refractivity contribution is 5.94. The van der Waals surface area contributed by atoms with Crippen LogP contribution in [0.2, 0.25) is 0 Å². The summed E-state index contributed by atoms with van der Waals surface area (Å²) in [6.45, 7) is 9.88. The molecule has 0 bridgehead atoms. The number of hydrogen-bond acceptors (Lipinski definition) is 2. The molecule has 0 radical (unpaired) electrons. The second kappa shape index (κ2) is 7.73. The minimum atomic E-state index is 0.153. The van der Waals surface area contributed by atoms with Crippen LogP contribution in [-0.2, 0) is 6.42 Å². The number of carbonyl (C=O) groups excluding carboxylic acids is 1. The largest absolute Gasteiger partial charge is 0.368 e. The van der Waals surface area contributed by atoms with E-state index in [1.807, 2.05) is 17.0 Å². The lowest BCUT2D eigenvalue weighted by molar-refractivity contribution is 0.0747. The van der Waals surface area contributed by atoms with Crippen molar-refractivity contribution < 1.29 is 4.79 Å². The maximum Gasteiger partial charge on any atom is 0.253 e. The Hall–Kier alpha value is -2.29. The molecule has 1 fully saturated rings. The average Bonchev–Trinajstić information content (AvgIpc) is 2.61. The van der Waals surface area contributed by atoms with Crippen LogP contribution < -0.4 is 4.90 Å². The molecule has 0 aromatic heterocycles. The average molecular weight is 336 g/mol. The van der Waals surface area contributed by atoms with Gasteiger partial charge in [-0.25, -0.2) is 0 Å². The highest BCUT2D eigenvalue weighted by Gasteiger charge is 2.22. The predicted molar refractivity (Wildman–Crippen MR) is 104 cm³/mol. The zero-order chi connectivity index (χ0) is 17.8. The van der Waals surface area contributed by atoms with Gasteiger partial charge >= 0.3 is 0 Å². The van der Waals surface area contributed by atoms with Crippen molar-refractivity contribution in [3.05, 3.63) is 65.2 Å². The first-order valence-electron chi connectivity index (χ1n) is 9.23. The van der Waals surface area contributed by atoms with Crippen molar-refractivity contribution in [2.75, 3.05) is 31.1 Å². The molecular weight excluding hydrogens is 308 g/mol. The third-order valence-electron chi connectivity index (χ3n) is 4.78. The smallest absolute Gasteiger partial charge is 0.253 e. The summed E-state index contributed by atoms with van der Waals surface area (Å²) in [5, 5.41) is 0. The first kappa shape index (κ1) is 17.5. The molecule has 1 aliphatic rings. The molecule has 0 spiro atoms. The monoisotopic (exact) mass is 336 g/mol. The zero-order valence-electron chi connectivity index (χ0n) is 15.5. The number of rotatable bonds is 4. The highest BCUT2D eigenvalue weighted by Crippen LogP contribution is 2.19. The lowest BCUT2D eigenvalue weighted by Gasteiger charge is -2.36. The molecule has 2 aromatic carbocycles. The van der Waals surface area contributed by atoms with Gasteiger partial charge in [0.25, 0.3) is 5.91 Å². The highest BCUT2D eigenvalue weighted by atomic mass is 16.2. The fourth-order valence-electron chi connectivity index (χ4n) is 3.43. The number of anilines is 1. The summed E-state index contributed by atoms with van der Waals surface area (Å²) in [7, 11) is 0. The standard InChI is InChI=1S/C22H28N2O/c1-17(2)15-19-7-9-20(10-8-19)22(25)24-13-11-23(12-14-24)21-6-4-5-18(3)16-21/h4-10,16-17H,11-15H2,1-3H3. The van der Waals surface area contributed by atoms with Crippen LogP contribution in [0.4, 0.5) is 5.69 Å². The maximum absolute atomic E-state index is 12.7. The summed E-state index contributed by atoms with van der Waals surface area (Å²) < 4.78 is 0. The van der Waals surface area contributed by atoms with Crippen molar-refractivity contribution in [2.24, 2.45) is 5.92 Å². The van der Waals surface area contributed by atoms with E-state index >= 15 is 0 Å². The summed E-state index contributed by atoms with van der Waals surface area (Å²) in [4.78, 5) is 17.1. The summed E-state index contributed by atoms with van der Waals surface area (Å²) in [5.74, 6) is 0.788. The van der Waals surface area contributed by atoms with Gasteiger partial charge in [0.15, 0.2) is 0 Å². The van der Waals surface area contributed by atoms with Crippen LogP contribution in [0.1, 0.15) is 35.3 Å². The Bertz CT molecular complexity index is 713. The molecule has 1 heterocycles. The molecule has 1 aliphatic heterocycles. The van der Waals surface area contributed by atoms with Gasteiger partial charge in [0.05, 0.1) is 0 Å².